The van der Waals surface area contributed by atoms with Crippen LogP contribution in [0.5, 0.6) is 0 Å². The number of benzene rings is 1. The lowest BCUT2D eigenvalue weighted by molar-refractivity contribution is 0.177. The average Bonchev–Trinajstić information content (AvgIpc) is 3.41. The molecule has 2 N–H and O–H groups in total. The van der Waals surface area contributed by atoms with Crippen LogP contribution in [0.2, 0.25) is 5.02 Å². The van der Waals surface area contributed by atoms with Gasteiger partial charge in [-0.2, -0.15) is 0 Å². The van der Waals surface area contributed by atoms with Crippen LogP contribution in [0.25, 0.3) is 22.6 Å². The summed E-state index contributed by atoms with van der Waals surface area (Å²) in [6.07, 6.45) is 9.22. The number of H-pyrrole nitrogens is 1. The Labute approximate surface area is 234 Å². The Bertz CT molecular complexity index is 1370. The number of anilines is 2. The highest BCUT2D eigenvalue weighted by Gasteiger charge is 2.23. The highest BCUT2D eigenvalue weighted by Crippen LogP contribution is 2.33. The molecule has 0 amide bonds. The van der Waals surface area contributed by atoms with Crippen molar-refractivity contribution < 1.29 is 0 Å². The molecule has 204 valence electrons. The van der Waals surface area contributed by atoms with Crippen molar-refractivity contribution in [3.05, 3.63) is 59.8 Å². The molecule has 0 spiro atoms. The van der Waals surface area contributed by atoms with Gasteiger partial charge in [0.2, 0.25) is 0 Å². The largest absolute Gasteiger partial charge is 0.379 e. The molecule has 9 nitrogen and oxygen atoms in total. The highest BCUT2D eigenvalue weighted by molar-refractivity contribution is 6.34. The van der Waals surface area contributed by atoms with E-state index in [1.165, 1.54) is 5.69 Å². The number of rotatable bonds is 7. The lowest BCUT2D eigenvalue weighted by Crippen LogP contribution is -2.46. The Kier molecular flexibility index (Phi) is 7.63. The van der Waals surface area contributed by atoms with E-state index in [1.54, 1.807) is 18.6 Å². The molecule has 0 aliphatic carbocycles. The summed E-state index contributed by atoms with van der Waals surface area (Å²) < 4.78 is 0. The summed E-state index contributed by atoms with van der Waals surface area (Å²) >= 11 is 6.61. The van der Waals surface area contributed by atoms with E-state index in [9.17, 15) is 0 Å². The first-order chi connectivity index (χ1) is 19.0. The van der Waals surface area contributed by atoms with E-state index >= 15 is 0 Å². The first-order valence-corrected chi connectivity index (χ1v) is 14.3. The quantitative estimate of drug-likeness (QED) is 0.346. The van der Waals surface area contributed by atoms with Crippen molar-refractivity contribution in [1.82, 2.24) is 34.7 Å². The zero-order chi connectivity index (χ0) is 26.8. The van der Waals surface area contributed by atoms with Gasteiger partial charge in [0.25, 0.3) is 0 Å². The molecule has 2 fully saturated rings. The number of hydrogen-bond donors (Lipinski definition) is 2. The van der Waals surface area contributed by atoms with Crippen LogP contribution in [0.4, 0.5) is 11.4 Å². The summed E-state index contributed by atoms with van der Waals surface area (Å²) in [5.74, 6) is 0.804. The van der Waals surface area contributed by atoms with Crippen molar-refractivity contribution in [2.75, 3.05) is 49.5 Å². The molecule has 6 rings (SSSR count). The van der Waals surface area contributed by atoms with Gasteiger partial charge in [-0.25, -0.2) is 9.97 Å². The first-order valence-electron chi connectivity index (χ1n) is 13.9. The van der Waals surface area contributed by atoms with Gasteiger partial charge < -0.3 is 20.1 Å². The molecular weight excluding hydrogens is 510 g/mol. The van der Waals surface area contributed by atoms with E-state index in [4.69, 9.17) is 16.6 Å². The second-order valence-corrected chi connectivity index (χ2v) is 11.2. The molecule has 5 heterocycles. The molecule has 0 bridgehead atoms. The molecule has 10 heteroatoms. The van der Waals surface area contributed by atoms with Gasteiger partial charge in [0.15, 0.2) is 5.65 Å². The van der Waals surface area contributed by atoms with Crippen molar-refractivity contribution in [2.45, 2.75) is 45.3 Å². The summed E-state index contributed by atoms with van der Waals surface area (Å²) in [5.41, 5.74) is 5.71. The number of aromatic amines is 1. The third kappa shape index (κ3) is 5.85. The van der Waals surface area contributed by atoms with Crippen LogP contribution in [-0.2, 0) is 6.54 Å². The minimum absolute atomic E-state index is 0.378. The van der Waals surface area contributed by atoms with Crippen LogP contribution < -0.4 is 10.2 Å². The van der Waals surface area contributed by atoms with Crippen molar-refractivity contribution in [3.8, 4) is 11.4 Å². The van der Waals surface area contributed by atoms with Crippen LogP contribution in [0.1, 0.15) is 32.4 Å². The normalized spacial score (nSPS) is 17.8. The molecule has 3 aromatic heterocycles. The summed E-state index contributed by atoms with van der Waals surface area (Å²) in [7, 11) is 0. The highest BCUT2D eigenvalue weighted by atomic mass is 35.5. The molecule has 1 aromatic carbocycles. The van der Waals surface area contributed by atoms with Crippen LogP contribution in [0.3, 0.4) is 0 Å². The Balaban J connectivity index is 1.12. The molecule has 39 heavy (non-hydrogen) atoms. The molecule has 0 atom stereocenters. The number of imidazole rings is 1. The molecule has 0 saturated carbocycles. The number of aromatic nitrogens is 5. The van der Waals surface area contributed by atoms with E-state index < -0.39 is 0 Å². The topological polar surface area (TPSA) is 89.1 Å². The minimum Gasteiger partial charge on any atom is -0.379 e. The van der Waals surface area contributed by atoms with Crippen molar-refractivity contribution in [1.29, 1.82) is 0 Å². The van der Waals surface area contributed by atoms with Crippen LogP contribution >= 0.6 is 11.6 Å². The minimum atomic E-state index is 0.378. The Morgan fingerprint density at radius 1 is 0.974 bits per heavy atom. The fourth-order valence-corrected chi connectivity index (χ4v) is 5.80. The van der Waals surface area contributed by atoms with E-state index in [-0.39, 0.29) is 0 Å². The number of piperazine rings is 1. The predicted molar refractivity (Wildman–Crippen MR) is 157 cm³/mol. The SMILES string of the molecule is CC(C)N1CCC(Nc2c(Cl)cnc3[nH]c(-c4ccc(N5CCN(Cc6cnccn6)CC5)cc4)nc23)CC1. The summed E-state index contributed by atoms with van der Waals surface area (Å²) in [5, 5.41) is 4.30. The molecular formula is C29H36ClN9. The molecule has 2 saturated heterocycles. The Morgan fingerprint density at radius 3 is 2.44 bits per heavy atom. The number of hydrogen-bond acceptors (Lipinski definition) is 8. The zero-order valence-electron chi connectivity index (χ0n) is 22.6. The average molecular weight is 546 g/mol. The fourth-order valence-electron chi connectivity index (χ4n) is 5.60. The number of halogens is 1. The van der Waals surface area contributed by atoms with Gasteiger partial charge in [-0.15, -0.1) is 0 Å². The molecule has 2 aliphatic heterocycles. The third-order valence-corrected chi connectivity index (χ3v) is 8.24. The van der Waals surface area contributed by atoms with E-state index in [1.807, 2.05) is 6.20 Å². The monoisotopic (exact) mass is 545 g/mol. The smallest absolute Gasteiger partial charge is 0.159 e. The van der Waals surface area contributed by atoms with Gasteiger partial charge in [0.05, 0.1) is 22.6 Å². The lowest BCUT2D eigenvalue weighted by Gasteiger charge is -2.36. The summed E-state index contributed by atoms with van der Waals surface area (Å²) in [6, 6.07) is 9.60. The van der Waals surface area contributed by atoms with Crippen molar-refractivity contribution in [2.24, 2.45) is 0 Å². The van der Waals surface area contributed by atoms with Crippen molar-refractivity contribution >= 4 is 34.1 Å². The summed E-state index contributed by atoms with van der Waals surface area (Å²) in [6.45, 7) is 11.5. The number of nitrogens with one attached hydrogen (secondary N) is 2. The number of pyridine rings is 1. The maximum absolute atomic E-state index is 6.61. The van der Waals surface area contributed by atoms with Crippen molar-refractivity contribution in [3.63, 3.8) is 0 Å². The number of piperidine rings is 1. The predicted octanol–water partition coefficient (Wildman–Crippen LogP) is 4.68. The fraction of sp³-hybridized carbons (Fsp3) is 0.448. The maximum Gasteiger partial charge on any atom is 0.159 e. The van der Waals surface area contributed by atoms with Gasteiger partial charge in [-0.05, 0) is 51.0 Å². The van der Waals surface area contributed by atoms with Gasteiger partial charge >= 0.3 is 0 Å². The van der Waals surface area contributed by atoms with Gasteiger partial charge in [0.1, 0.15) is 11.3 Å². The second-order valence-electron chi connectivity index (χ2n) is 10.8. The van der Waals surface area contributed by atoms with Crippen LogP contribution in [0.15, 0.2) is 49.1 Å². The molecule has 0 unspecified atom stereocenters. The van der Waals surface area contributed by atoms with Crippen LogP contribution in [-0.4, -0.2) is 86.1 Å². The number of likely N-dealkylation sites (tertiary alicyclic amines) is 1. The van der Waals surface area contributed by atoms with E-state index in [2.05, 4.69) is 78.1 Å². The first kappa shape index (κ1) is 26.0. The lowest BCUT2D eigenvalue weighted by atomic mass is 10.0. The Hall–Kier alpha value is -3.27. The van der Waals surface area contributed by atoms with E-state index in [0.717, 1.165) is 92.6 Å². The number of fused-ring (bicyclic) bond motifs is 1. The molecule has 4 aromatic rings. The number of nitrogens with zero attached hydrogens (tertiary/aromatic N) is 7. The zero-order valence-corrected chi connectivity index (χ0v) is 23.4. The molecule has 0 radical (unpaired) electrons. The van der Waals surface area contributed by atoms with Gasteiger partial charge in [0, 0.05) is 87.7 Å². The third-order valence-electron chi connectivity index (χ3n) is 7.96. The summed E-state index contributed by atoms with van der Waals surface area (Å²) in [4.78, 5) is 28.8. The van der Waals surface area contributed by atoms with Gasteiger partial charge in [-0.3, -0.25) is 14.9 Å². The Morgan fingerprint density at radius 2 is 1.74 bits per heavy atom. The van der Waals surface area contributed by atoms with Gasteiger partial charge in [-0.1, -0.05) is 11.6 Å². The van der Waals surface area contributed by atoms with E-state index in [0.29, 0.717) is 17.1 Å². The van der Waals surface area contributed by atoms with Crippen LogP contribution in [0, 0.1) is 0 Å². The standard InChI is InChI=1S/C29H36ClN9/c1-20(2)38-11-7-22(8-12-38)34-26-25(30)18-33-29-27(26)35-28(36-29)21-3-5-24(6-4-21)39-15-13-37(14-16-39)19-23-17-31-9-10-32-23/h3-6,9-10,17-18,20,22H,7-8,11-16,19H2,1-2H3,(H2,33,34,35,36). The second kappa shape index (κ2) is 11.5. The molecule has 2 aliphatic rings. The maximum atomic E-state index is 6.61.